The van der Waals surface area contributed by atoms with Crippen LogP contribution < -0.4 is 22.3 Å². The third-order valence-electron chi connectivity index (χ3n) is 4.68. The maximum absolute atomic E-state index is 14.0. The topological polar surface area (TPSA) is 138 Å². The predicted octanol–water partition coefficient (Wildman–Crippen LogP) is 3.66. The SMILES string of the molecule is Cc1nc(N)c(Cl)c(N[C@@H](C)c2nc3c(Cl)cc(F)cc3c(=O)n2-c2ccc(N)nc2)n1. The van der Waals surface area contributed by atoms with Gasteiger partial charge >= 0.3 is 0 Å². The zero-order valence-electron chi connectivity index (χ0n) is 16.9. The Kier molecular flexibility index (Phi) is 5.57. The highest BCUT2D eigenvalue weighted by Gasteiger charge is 2.22. The number of nitrogens with zero attached hydrogens (tertiary/aromatic N) is 5. The van der Waals surface area contributed by atoms with Gasteiger partial charge in [0.1, 0.15) is 34.1 Å². The minimum atomic E-state index is -0.652. The van der Waals surface area contributed by atoms with Gasteiger partial charge in [-0.15, -0.1) is 0 Å². The van der Waals surface area contributed by atoms with Gasteiger partial charge in [0.05, 0.1) is 33.9 Å². The zero-order valence-corrected chi connectivity index (χ0v) is 18.4. The molecule has 0 fully saturated rings. The summed E-state index contributed by atoms with van der Waals surface area (Å²) in [4.78, 5) is 30.3. The van der Waals surface area contributed by atoms with E-state index in [0.717, 1.165) is 12.1 Å². The Balaban J connectivity index is 1.95. The van der Waals surface area contributed by atoms with Gasteiger partial charge in [-0.2, -0.15) is 0 Å². The van der Waals surface area contributed by atoms with Crippen molar-refractivity contribution in [1.82, 2.24) is 24.5 Å². The average Bonchev–Trinajstić information content (AvgIpc) is 2.73. The number of aromatic nitrogens is 5. The summed E-state index contributed by atoms with van der Waals surface area (Å²) in [7, 11) is 0. The van der Waals surface area contributed by atoms with Gasteiger partial charge < -0.3 is 16.8 Å². The van der Waals surface area contributed by atoms with Crippen LogP contribution in [0, 0.1) is 12.7 Å². The van der Waals surface area contributed by atoms with E-state index in [1.165, 1.54) is 16.8 Å². The van der Waals surface area contributed by atoms with Crippen LogP contribution in [0.1, 0.15) is 24.6 Å². The Morgan fingerprint density at radius 3 is 2.59 bits per heavy atom. The van der Waals surface area contributed by atoms with Crippen LogP contribution in [0.15, 0.2) is 35.3 Å². The van der Waals surface area contributed by atoms with Crippen LogP contribution in [-0.2, 0) is 0 Å². The Hall–Kier alpha value is -3.50. The highest BCUT2D eigenvalue weighted by molar-refractivity contribution is 6.35. The minimum Gasteiger partial charge on any atom is -0.384 e. The number of fused-ring (bicyclic) bond motifs is 1. The largest absolute Gasteiger partial charge is 0.384 e. The van der Waals surface area contributed by atoms with Crippen molar-refractivity contribution in [2.75, 3.05) is 16.8 Å². The summed E-state index contributed by atoms with van der Waals surface area (Å²) in [5.74, 6) is 0.668. The molecule has 0 radical (unpaired) electrons. The van der Waals surface area contributed by atoms with Gasteiger partial charge in [0.2, 0.25) is 0 Å². The number of nitrogens with one attached hydrogen (secondary N) is 1. The Morgan fingerprint density at radius 1 is 1.16 bits per heavy atom. The van der Waals surface area contributed by atoms with Crippen molar-refractivity contribution in [2.24, 2.45) is 0 Å². The van der Waals surface area contributed by atoms with Crippen molar-refractivity contribution in [2.45, 2.75) is 19.9 Å². The predicted molar refractivity (Wildman–Crippen MR) is 123 cm³/mol. The quantitative estimate of drug-likeness (QED) is 0.407. The second-order valence-electron chi connectivity index (χ2n) is 7.02. The molecule has 0 unspecified atom stereocenters. The number of pyridine rings is 1. The summed E-state index contributed by atoms with van der Waals surface area (Å²) in [5.41, 5.74) is 11.5. The molecule has 1 aromatic carbocycles. The third kappa shape index (κ3) is 3.90. The summed E-state index contributed by atoms with van der Waals surface area (Å²) in [6.45, 7) is 3.41. The average molecular weight is 475 g/mol. The van der Waals surface area contributed by atoms with Crippen LogP contribution in [0.4, 0.5) is 21.8 Å². The molecular formula is C20H17Cl2FN8O. The molecule has 0 spiro atoms. The molecule has 0 aliphatic rings. The maximum Gasteiger partial charge on any atom is 0.266 e. The van der Waals surface area contributed by atoms with Gasteiger partial charge in [0.25, 0.3) is 5.56 Å². The van der Waals surface area contributed by atoms with E-state index in [2.05, 4.69) is 25.3 Å². The summed E-state index contributed by atoms with van der Waals surface area (Å²) < 4.78 is 15.3. The molecule has 3 heterocycles. The van der Waals surface area contributed by atoms with Gasteiger partial charge in [0.15, 0.2) is 5.82 Å². The molecule has 1 atom stereocenters. The number of nitrogen functional groups attached to an aromatic ring is 2. The number of aryl methyl sites for hydroxylation is 1. The van der Waals surface area contributed by atoms with E-state index in [1.807, 2.05) is 0 Å². The van der Waals surface area contributed by atoms with Crippen LogP contribution >= 0.6 is 23.2 Å². The van der Waals surface area contributed by atoms with Crippen LogP contribution in [0.25, 0.3) is 16.6 Å². The lowest BCUT2D eigenvalue weighted by Crippen LogP contribution is -2.28. The van der Waals surface area contributed by atoms with Gasteiger partial charge in [-0.05, 0) is 38.1 Å². The Bertz CT molecular complexity index is 1410. The molecule has 5 N–H and O–H groups in total. The normalized spacial score (nSPS) is 12.2. The number of hydrogen-bond donors (Lipinski definition) is 3. The molecule has 12 heteroatoms. The Morgan fingerprint density at radius 2 is 1.91 bits per heavy atom. The van der Waals surface area contributed by atoms with Crippen LogP contribution in [0.2, 0.25) is 10.0 Å². The fraction of sp³-hybridized carbons (Fsp3) is 0.150. The lowest BCUT2D eigenvalue weighted by Gasteiger charge is -2.21. The highest BCUT2D eigenvalue weighted by atomic mass is 35.5. The molecule has 0 aliphatic carbocycles. The smallest absolute Gasteiger partial charge is 0.266 e. The molecule has 164 valence electrons. The molecule has 0 amide bonds. The van der Waals surface area contributed by atoms with E-state index < -0.39 is 17.4 Å². The number of halogens is 3. The number of hydrogen-bond acceptors (Lipinski definition) is 8. The molecule has 4 aromatic rings. The van der Waals surface area contributed by atoms with Crippen molar-refractivity contribution in [3.8, 4) is 5.69 Å². The number of nitrogens with two attached hydrogens (primary N) is 2. The zero-order chi connectivity index (χ0) is 23.2. The van der Waals surface area contributed by atoms with Gasteiger partial charge in [0, 0.05) is 0 Å². The van der Waals surface area contributed by atoms with E-state index in [0.29, 0.717) is 11.5 Å². The van der Waals surface area contributed by atoms with Crippen LogP contribution in [0.5, 0.6) is 0 Å². The van der Waals surface area contributed by atoms with E-state index in [-0.39, 0.29) is 44.2 Å². The number of benzene rings is 1. The first-order valence-corrected chi connectivity index (χ1v) is 10.1. The molecule has 4 rings (SSSR count). The van der Waals surface area contributed by atoms with E-state index in [1.54, 1.807) is 19.9 Å². The van der Waals surface area contributed by atoms with Crippen molar-refractivity contribution in [3.05, 3.63) is 68.3 Å². The van der Waals surface area contributed by atoms with Crippen LogP contribution in [-0.4, -0.2) is 24.5 Å². The first-order chi connectivity index (χ1) is 15.2. The molecule has 0 saturated carbocycles. The molecule has 9 nitrogen and oxygen atoms in total. The second kappa shape index (κ2) is 8.21. The summed E-state index contributed by atoms with van der Waals surface area (Å²) >= 11 is 12.5. The molecule has 0 bridgehead atoms. The first-order valence-electron chi connectivity index (χ1n) is 9.35. The molecular weight excluding hydrogens is 458 g/mol. The van der Waals surface area contributed by atoms with Crippen molar-refractivity contribution >= 4 is 51.6 Å². The molecule has 3 aromatic heterocycles. The first kappa shape index (κ1) is 21.7. The summed E-state index contributed by atoms with van der Waals surface area (Å²) in [6, 6.07) is 4.72. The third-order valence-corrected chi connectivity index (χ3v) is 5.34. The molecule has 0 aliphatic heterocycles. The highest BCUT2D eigenvalue weighted by Crippen LogP contribution is 2.29. The fourth-order valence-electron chi connectivity index (χ4n) is 3.25. The monoisotopic (exact) mass is 474 g/mol. The lowest BCUT2D eigenvalue weighted by molar-refractivity contribution is 0.629. The van der Waals surface area contributed by atoms with Gasteiger partial charge in [-0.3, -0.25) is 9.36 Å². The maximum atomic E-state index is 14.0. The van der Waals surface area contributed by atoms with Crippen molar-refractivity contribution < 1.29 is 4.39 Å². The number of rotatable bonds is 4. The van der Waals surface area contributed by atoms with E-state index in [9.17, 15) is 9.18 Å². The fourth-order valence-corrected chi connectivity index (χ4v) is 3.63. The van der Waals surface area contributed by atoms with E-state index in [4.69, 9.17) is 34.7 Å². The standard InChI is InChI=1S/C20H17Cl2FN8O/c1-8(27-18-15(22)17(25)28-9(2)29-18)19-30-16-12(5-10(23)6-13(16)21)20(32)31(19)11-3-4-14(24)26-7-11/h3-8H,1-2H3,(H2,24,26)(H3,25,27,28,29)/t8-/m0/s1. The van der Waals surface area contributed by atoms with E-state index >= 15 is 0 Å². The number of anilines is 3. The molecule has 32 heavy (non-hydrogen) atoms. The second-order valence-corrected chi connectivity index (χ2v) is 7.81. The summed E-state index contributed by atoms with van der Waals surface area (Å²) in [5, 5.41) is 3.26. The molecule has 0 saturated heterocycles. The van der Waals surface area contributed by atoms with Gasteiger partial charge in [-0.1, -0.05) is 23.2 Å². The van der Waals surface area contributed by atoms with Crippen LogP contribution in [0.3, 0.4) is 0 Å². The summed E-state index contributed by atoms with van der Waals surface area (Å²) in [6.07, 6.45) is 1.42. The minimum absolute atomic E-state index is 0.00767. The van der Waals surface area contributed by atoms with Crippen molar-refractivity contribution in [3.63, 3.8) is 0 Å². The lowest BCUT2D eigenvalue weighted by atomic mass is 10.2. The Labute approximate surface area is 191 Å². The van der Waals surface area contributed by atoms with Crippen molar-refractivity contribution in [1.29, 1.82) is 0 Å². The van der Waals surface area contributed by atoms with Gasteiger partial charge in [-0.25, -0.2) is 24.3 Å².